The van der Waals surface area contributed by atoms with Crippen LogP contribution in [0, 0.1) is 0 Å². The van der Waals surface area contributed by atoms with Crippen LogP contribution >= 0.6 is 15.9 Å². The van der Waals surface area contributed by atoms with E-state index in [4.69, 9.17) is 20.1 Å². The van der Waals surface area contributed by atoms with Crippen molar-refractivity contribution in [2.45, 2.75) is 6.42 Å². The van der Waals surface area contributed by atoms with Crippen LogP contribution in [0.2, 0.25) is 0 Å². The van der Waals surface area contributed by atoms with Crippen molar-refractivity contribution in [1.29, 1.82) is 0 Å². The number of hydrogen-bond donors (Lipinski definition) is 4. The average molecular weight is 413 g/mol. The number of benzene rings is 2. The molecule has 0 aliphatic rings. The third-order valence-electron chi connectivity index (χ3n) is 4.01. The molecule has 3 aromatic rings. The van der Waals surface area contributed by atoms with Gasteiger partial charge in [0.15, 0.2) is 11.5 Å². The van der Waals surface area contributed by atoms with Crippen molar-refractivity contribution in [3.8, 4) is 17.2 Å². The van der Waals surface area contributed by atoms with Gasteiger partial charge in [-0.2, -0.15) is 0 Å². The summed E-state index contributed by atoms with van der Waals surface area (Å²) in [4.78, 5) is 13.1. The Morgan fingerprint density at radius 1 is 1.12 bits per heavy atom. The number of fused-ring (bicyclic) bond motifs is 1. The molecule has 9 heteroatoms. The normalized spacial score (nSPS) is 11.2. The van der Waals surface area contributed by atoms with Gasteiger partial charge in [0.25, 0.3) is 0 Å². The second kappa shape index (κ2) is 6.74. The minimum absolute atomic E-state index is 0.00455. The number of hydrogen-bond acceptors (Lipinski definition) is 6. The topological polar surface area (TPSA) is 111 Å². The summed E-state index contributed by atoms with van der Waals surface area (Å²) in [7, 11) is 11.7. The van der Waals surface area contributed by atoms with E-state index in [0.717, 1.165) is 0 Å². The molecule has 1 heterocycles. The Labute approximate surface area is 159 Å². The first kappa shape index (κ1) is 18.4. The summed E-state index contributed by atoms with van der Waals surface area (Å²) < 4.78 is 5.88. The van der Waals surface area contributed by atoms with E-state index in [2.05, 4.69) is 15.9 Å². The number of aliphatic hydroxyl groups excluding tert-OH is 1. The highest BCUT2D eigenvalue weighted by Gasteiger charge is 2.27. The number of rotatable bonds is 4. The minimum atomic E-state index is -0.660. The van der Waals surface area contributed by atoms with Crippen molar-refractivity contribution >= 4 is 59.3 Å². The third kappa shape index (κ3) is 2.77. The molecular formula is C17H11B2BrO6. The molecule has 4 N–H and O–H groups in total. The number of phenols is 3. The van der Waals surface area contributed by atoms with E-state index in [1.807, 2.05) is 0 Å². The third-order valence-corrected chi connectivity index (χ3v) is 4.64. The fourth-order valence-corrected chi connectivity index (χ4v) is 3.09. The Kier molecular flexibility index (Phi) is 4.77. The summed E-state index contributed by atoms with van der Waals surface area (Å²) in [5.74, 6) is -1.75. The van der Waals surface area contributed by atoms with Crippen molar-refractivity contribution in [3.63, 3.8) is 0 Å². The number of aromatic hydroxyl groups is 3. The largest absolute Gasteiger partial charge is 0.507 e. The van der Waals surface area contributed by atoms with Crippen LogP contribution in [0.15, 0.2) is 27.1 Å². The first-order chi connectivity index (χ1) is 12.3. The maximum atomic E-state index is 13.1. The van der Waals surface area contributed by atoms with Gasteiger partial charge >= 0.3 is 0 Å². The predicted octanol–water partition coefficient (Wildman–Crippen LogP) is 0.665. The number of ketones is 1. The quantitative estimate of drug-likeness (QED) is 0.285. The predicted molar refractivity (Wildman–Crippen MR) is 100 cm³/mol. The van der Waals surface area contributed by atoms with Gasteiger partial charge in [-0.1, -0.05) is 0 Å². The second-order valence-corrected chi connectivity index (χ2v) is 6.45. The molecule has 0 saturated carbocycles. The lowest BCUT2D eigenvalue weighted by Crippen LogP contribution is -2.16. The first-order valence-corrected chi connectivity index (χ1v) is 8.25. The van der Waals surface area contributed by atoms with Crippen molar-refractivity contribution in [2.24, 2.45) is 0 Å². The molecule has 0 aliphatic carbocycles. The van der Waals surface area contributed by atoms with Crippen LogP contribution in [-0.4, -0.2) is 48.5 Å². The summed E-state index contributed by atoms with van der Waals surface area (Å²) in [5.41, 5.74) is -0.353. The first-order valence-electron chi connectivity index (χ1n) is 7.46. The van der Waals surface area contributed by atoms with Gasteiger partial charge < -0.3 is 24.8 Å². The van der Waals surface area contributed by atoms with Crippen LogP contribution in [0.3, 0.4) is 0 Å². The van der Waals surface area contributed by atoms with Crippen molar-refractivity contribution in [3.05, 3.63) is 39.6 Å². The molecule has 2 aromatic carbocycles. The maximum absolute atomic E-state index is 13.1. The molecule has 0 saturated heterocycles. The monoisotopic (exact) mass is 412 g/mol. The molecular weight excluding hydrogens is 402 g/mol. The highest BCUT2D eigenvalue weighted by molar-refractivity contribution is 9.10. The Balaban J connectivity index is 2.34. The Hall–Kier alpha value is -2.38. The fourth-order valence-electron chi connectivity index (χ4n) is 2.72. The molecule has 0 unspecified atom stereocenters. The molecule has 4 radical (unpaired) electrons. The average Bonchev–Trinajstić information content (AvgIpc) is 2.99. The zero-order valence-corrected chi connectivity index (χ0v) is 14.9. The van der Waals surface area contributed by atoms with E-state index < -0.39 is 17.3 Å². The molecule has 0 bridgehead atoms. The Bertz CT molecular complexity index is 1040. The van der Waals surface area contributed by atoms with E-state index in [0.29, 0.717) is 4.47 Å². The van der Waals surface area contributed by atoms with Crippen LogP contribution in [0.25, 0.3) is 11.0 Å². The van der Waals surface area contributed by atoms with E-state index in [1.54, 1.807) is 0 Å². The summed E-state index contributed by atoms with van der Waals surface area (Å²) >= 11 is 3.14. The Morgan fingerprint density at radius 3 is 2.38 bits per heavy atom. The summed E-state index contributed by atoms with van der Waals surface area (Å²) in [5, 5.41) is 38.8. The number of aliphatic hydroxyl groups is 1. The van der Waals surface area contributed by atoms with Crippen LogP contribution < -0.4 is 10.9 Å². The Morgan fingerprint density at radius 2 is 1.77 bits per heavy atom. The van der Waals surface area contributed by atoms with Crippen LogP contribution in [0.5, 0.6) is 17.2 Å². The highest BCUT2D eigenvalue weighted by Crippen LogP contribution is 2.33. The van der Waals surface area contributed by atoms with Gasteiger partial charge in [-0.3, -0.25) is 4.79 Å². The van der Waals surface area contributed by atoms with E-state index in [9.17, 15) is 25.2 Å². The molecule has 0 atom stereocenters. The standard InChI is InChI=1S/C17H11B2BrO6/c18-12-11-10(14(23)6-1-2-8(22)7(20)5-6)9(3-4-21)26-17(11)13(19)16(25)15(12)24/h1-2,5,21-22,24-25H,3-4H2. The molecule has 0 aliphatic heterocycles. The minimum Gasteiger partial charge on any atom is -0.507 e. The van der Waals surface area contributed by atoms with Gasteiger partial charge in [-0.15, -0.1) is 0 Å². The van der Waals surface area contributed by atoms with E-state index in [-0.39, 0.29) is 57.6 Å². The molecule has 26 heavy (non-hydrogen) atoms. The smallest absolute Gasteiger partial charge is 0.197 e. The van der Waals surface area contributed by atoms with E-state index >= 15 is 0 Å². The van der Waals surface area contributed by atoms with Gasteiger partial charge in [0.2, 0.25) is 0 Å². The van der Waals surface area contributed by atoms with Crippen LogP contribution in [0.4, 0.5) is 0 Å². The van der Waals surface area contributed by atoms with Crippen molar-refractivity contribution in [1.82, 2.24) is 0 Å². The highest BCUT2D eigenvalue weighted by atomic mass is 79.9. The summed E-state index contributed by atoms with van der Waals surface area (Å²) in [6.07, 6.45) is -0.00455. The van der Waals surface area contributed by atoms with Gasteiger partial charge in [-0.05, 0) is 45.1 Å². The number of carbonyl (C=O) groups excluding carboxylic acids is 1. The number of phenolic OH excluding ortho intramolecular Hbond substituents is 3. The molecule has 0 fully saturated rings. The lowest BCUT2D eigenvalue weighted by Gasteiger charge is -2.09. The van der Waals surface area contributed by atoms with Crippen LogP contribution in [0.1, 0.15) is 21.7 Å². The number of furan rings is 1. The van der Waals surface area contributed by atoms with Gasteiger partial charge in [0.05, 0.1) is 16.6 Å². The molecule has 0 amide bonds. The lowest BCUT2D eigenvalue weighted by atomic mass is 9.81. The maximum Gasteiger partial charge on any atom is 0.197 e. The number of carbonyl (C=O) groups is 1. The zero-order chi connectivity index (χ0) is 19.2. The number of halogens is 1. The zero-order valence-electron chi connectivity index (χ0n) is 13.3. The van der Waals surface area contributed by atoms with E-state index in [1.165, 1.54) is 18.2 Å². The summed E-state index contributed by atoms with van der Waals surface area (Å²) in [6, 6.07) is 4.16. The van der Waals surface area contributed by atoms with Crippen LogP contribution in [-0.2, 0) is 6.42 Å². The van der Waals surface area contributed by atoms with Gasteiger partial charge in [0, 0.05) is 17.4 Å². The van der Waals surface area contributed by atoms with Gasteiger partial charge in [0.1, 0.15) is 38.5 Å². The lowest BCUT2D eigenvalue weighted by molar-refractivity contribution is 0.103. The van der Waals surface area contributed by atoms with Crippen molar-refractivity contribution in [2.75, 3.05) is 6.61 Å². The SMILES string of the molecule is [B]c1c(O)c(O)c([B])c2c(C(=O)c3ccc(O)c(Br)c3)c(CCO)oc12. The molecule has 0 spiro atoms. The molecule has 128 valence electrons. The van der Waals surface area contributed by atoms with Crippen molar-refractivity contribution < 1.29 is 29.6 Å². The molecule has 1 aromatic heterocycles. The molecule has 3 rings (SSSR count). The fraction of sp³-hybridized carbons (Fsp3) is 0.118. The molecule has 6 nitrogen and oxygen atoms in total. The van der Waals surface area contributed by atoms with Gasteiger partial charge in [-0.25, -0.2) is 0 Å². The summed E-state index contributed by atoms with van der Waals surface area (Å²) in [6.45, 7) is -0.308. The second-order valence-electron chi connectivity index (χ2n) is 5.60.